The average molecular weight is 439 g/mol. The third-order valence-corrected chi connectivity index (χ3v) is 5.66. The van der Waals surface area contributed by atoms with Gasteiger partial charge in [-0.05, 0) is 24.3 Å². The summed E-state index contributed by atoms with van der Waals surface area (Å²) < 4.78 is 13.0. The molecule has 3 heterocycles. The van der Waals surface area contributed by atoms with Crippen LogP contribution in [0.2, 0.25) is 0 Å². The predicted molar refractivity (Wildman–Crippen MR) is 116 cm³/mol. The standard InChI is InChI=1S/C21H21N5O4S/c1-3-10-25-19(16-9-6-11-29-16)23-24-21(25)31-13-18(27)26-12-17(20(28)22-2)30-15-8-5-4-7-14(15)26/h3-9,11,17H,1,10,12-13H2,2H3,(H,22,28). The van der Waals surface area contributed by atoms with Gasteiger partial charge in [0.2, 0.25) is 11.7 Å². The molecule has 0 spiro atoms. The molecule has 31 heavy (non-hydrogen) atoms. The maximum Gasteiger partial charge on any atom is 0.262 e. The van der Waals surface area contributed by atoms with Gasteiger partial charge < -0.3 is 19.4 Å². The van der Waals surface area contributed by atoms with Crippen LogP contribution in [0.5, 0.6) is 5.75 Å². The SMILES string of the molecule is C=CCn1c(SCC(=O)N2CC(C(=O)NC)Oc3ccccc32)nnc1-c1ccco1. The Morgan fingerprint density at radius 3 is 2.87 bits per heavy atom. The van der Waals surface area contributed by atoms with Gasteiger partial charge in [-0.3, -0.25) is 14.2 Å². The number of fused-ring (bicyclic) bond motifs is 1. The second-order valence-electron chi connectivity index (χ2n) is 6.66. The summed E-state index contributed by atoms with van der Waals surface area (Å²) in [4.78, 5) is 26.8. The molecule has 9 nitrogen and oxygen atoms in total. The van der Waals surface area contributed by atoms with E-state index >= 15 is 0 Å². The van der Waals surface area contributed by atoms with Gasteiger partial charge in [0.05, 0.1) is 24.2 Å². The fourth-order valence-corrected chi connectivity index (χ4v) is 4.07. The molecule has 0 fully saturated rings. The zero-order valence-electron chi connectivity index (χ0n) is 16.9. The fourth-order valence-electron chi connectivity index (χ4n) is 3.25. The minimum absolute atomic E-state index is 0.113. The summed E-state index contributed by atoms with van der Waals surface area (Å²) in [5.74, 6) is 1.31. The molecule has 4 rings (SSSR count). The monoisotopic (exact) mass is 439 g/mol. The van der Waals surface area contributed by atoms with Crippen LogP contribution in [-0.4, -0.2) is 52.0 Å². The Hall–Kier alpha value is -3.53. The van der Waals surface area contributed by atoms with Gasteiger partial charge in [-0.2, -0.15) is 0 Å². The second-order valence-corrected chi connectivity index (χ2v) is 7.61. The Kier molecular flexibility index (Phi) is 6.08. The Morgan fingerprint density at radius 2 is 2.13 bits per heavy atom. The Labute approximate surface area is 183 Å². The minimum atomic E-state index is -0.774. The van der Waals surface area contributed by atoms with Crippen LogP contribution >= 0.6 is 11.8 Å². The highest BCUT2D eigenvalue weighted by molar-refractivity contribution is 7.99. The molecule has 0 aliphatic carbocycles. The molecule has 10 heteroatoms. The molecule has 2 amide bonds. The molecule has 1 aliphatic rings. The molecular formula is C21H21N5O4S. The number of hydrogen-bond donors (Lipinski definition) is 1. The van der Waals surface area contributed by atoms with E-state index in [1.807, 2.05) is 10.6 Å². The van der Waals surface area contributed by atoms with E-state index < -0.39 is 6.10 Å². The van der Waals surface area contributed by atoms with Crippen molar-refractivity contribution < 1.29 is 18.7 Å². The number of ether oxygens (including phenoxy) is 1. The first kappa shape index (κ1) is 20.7. The number of carbonyl (C=O) groups is 2. The summed E-state index contributed by atoms with van der Waals surface area (Å²) in [6.45, 7) is 4.39. The summed E-state index contributed by atoms with van der Waals surface area (Å²) in [6, 6.07) is 10.7. The third-order valence-electron chi connectivity index (χ3n) is 4.71. The number of allylic oxidation sites excluding steroid dienone is 1. The molecule has 2 aromatic heterocycles. The van der Waals surface area contributed by atoms with E-state index in [9.17, 15) is 9.59 Å². The fraction of sp³-hybridized carbons (Fsp3) is 0.238. The van der Waals surface area contributed by atoms with Crippen molar-refractivity contribution in [3.05, 3.63) is 55.3 Å². The van der Waals surface area contributed by atoms with E-state index in [0.29, 0.717) is 34.7 Å². The summed E-state index contributed by atoms with van der Waals surface area (Å²) in [6.07, 6.45) is 2.52. The Morgan fingerprint density at radius 1 is 1.29 bits per heavy atom. The quantitative estimate of drug-likeness (QED) is 0.445. The lowest BCUT2D eigenvalue weighted by Crippen LogP contribution is -2.50. The first-order valence-electron chi connectivity index (χ1n) is 9.60. The molecule has 160 valence electrons. The van der Waals surface area contributed by atoms with Crippen LogP contribution in [0.3, 0.4) is 0 Å². The van der Waals surface area contributed by atoms with Crippen molar-refractivity contribution in [3.63, 3.8) is 0 Å². The number of furan rings is 1. The van der Waals surface area contributed by atoms with Gasteiger partial charge in [0.25, 0.3) is 5.91 Å². The number of aromatic nitrogens is 3. The molecule has 1 aromatic carbocycles. The first-order chi connectivity index (χ1) is 15.1. The predicted octanol–water partition coefficient (Wildman–Crippen LogP) is 2.36. The van der Waals surface area contributed by atoms with Crippen LogP contribution in [0.25, 0.3) is 11.6 Å². The van der Waals surface area contributed by atoms with Crippen LogP contribution in [0, 0.1) is 0 Å². The smallest absolute Gasteiger partial charge is 0.262 e. The lowest BCUT2D eigenvalue weighted by Gasteiger charge is -2.33. The molecule has 0 bridgehead atoms. The first-order valence-corrected chi connectivity index (χ1v) is 10.6. The maximum absolute atomic E-state index is 13.1. The highest BCUT2D eigenvalue weighted by Crippen LogP contribution is 2.34. The minimum Gasteiger partial charge on any atom is -0.477 e. The lowest BCUT2D eigenvalue weighted by atomic mass is 10.2. The van der Waals surface area contributed by atoms with Gasteiger partial charge in [0, 0.05) is 13.6 Å². The second kappa shape index (κ2) is 9.09. The number of benzene rings is 1. The molecular weight excluding hydrogens is 418 g/mol. The zero-order valence-corrected chi connectivity index (χ0v) is 17.7. The average Bonchev–Trinajstić information content (AvgIpc) is 3.46. The van der Waals surface area contributed by atoms with Crippen molar-refractivity contribution in [2.75, 3.05) is 24.2 Å². The number of thioether (sulfide) groups is 1. The number of nitrogens with zero attached hydrogens (tertiary/aromatic N) is 4. The number of para-hydroxylation sites is 2. The van der Waals surface area contributed by atoms with Gasteiger partial charge in [0.15, 0.2) is 17.0 Å². The molecule has 1 N–H and O–H groups in total. The van der Waals surface area contributed by atoms with Gasteiger partial charge in [-0.25, -0.2) is 0 Å². The molecule has 1 atom stereocenters. The van der Waals surface area contributed by atoms with Crippen LogP contribution in [0.15, 0.2) is 64.9 Å². The number of anilines is 1. The lowest BCUT2D eigenvalue weighted by molar-refractivity contribution is -0.127. The van der Waals surface area contributed by atoms with E-state index in [1.165, 1.54) is 18.8 Å². The summed E-state index contributed by atoms with van der Waals surface area (Å²) in [7, 11) is 1.54. The number of nitrogens with one attached hydrogen (secondary N) is 1. The van der Waals surface area contributed by atoms with E-state index in [1.54, 1.807) is 47.6 Å². The largest absolute Gasteiger partial charge is 0.477 e. The molecule has 1 unspecified atom stereocenters. The van der Waals surface area contributed by atoms with Crippen LogP contribution < -0.4 is 15.0 Å². The molecule has 3 aromatic rings. The number of amides is 2. The molecule has 0 saturated carbocycles. The van der Waals surface area contributed by atoms with E-state index in [0.717, 1.165) is 0 Å². The Balaban J connectivity index is 1.53. The van der Waals surface area contributed by atoms with Gasteiger partial charge in [-0.1, -0.05) is 30.0 Å². The van der Waals surface area contributed by atoms with Crippen molar-refractivity contribution in [1.29, 1.82) is 0 Å². The number of rotatable bonds is 7. The highest BCUT2D eigenvalue weighted by Gasteiger charge is 2.33. The van der Waals surface area contributed by atoms with Crippen molar-refractivity contribution in [2.45, 2.75) is 17.8 Å². The van der Waals surface area contributed by atoms with Gasteiger partial charge in [-0.15, -0.1) is 16.8 Å². The molecule has 0 radical (unpaired) electrons. The summed E-state index contributed by atoms with van der Waals surface area (Å²) in [5, 5.41) is 11.6. The van der Waals surface area contributed by atoms with E-state index in [-0.39, 0.29) is 24.1 Å². The number of carbonyl (C=O) groups excluding carboxylic acids is 2. The maximum atomic E-state index is 13.1. The van der Waals surface area contributed by atoms with Gasteiger partial charge >= 0.3 is 0 Å². The topological polar surface area (TPSA) is 102 Å². The third kappa shape index (κ3) is 4.19. The number of likely N-dealkylation sites (N-methyl/N-ethyl adjacent to an activating group) is 1. The van der Waals surface area contributed by atoms with Crippen LogP contribution in [0.4, 0.5) is 5.69 Å². The zero-order chi connectivity index (χ0) is 21.8. The van der Waals surface area contributed by atoms with E-state index in [2.05, 4.69) is 22.1 Å². The molecule has 1 aliphatic heterocycles. The highest BCUT2D eigenvalue weighted by atomic mass is 32.2. The Bertz CT molecular complexity index is 1100. The molecule has 0 saturated heterocycles. The van der Waals surface area contributed by atoms with Gasteiger partial charge in [0.1, 0.15) is 5.75 Å². The summed E-state index contributed by atoms with van der Waals surface area (Å²) >= 11 is 1.26. The van der Waals surface area contributed by atoms with Crippen molar-refractivity contribution in [2.24, 2.45) is 0 Å². The van der Waals surface area contributed by atoms with Crippen molar-refractivity contribution in [3.8, 4) is 17.3 Å². The van der Waals surface area contributed by atoms with Crippen molar-refractivity contribution >= 4 is 29.3 Å². The van der Waals surface area contributed by atoms with Crippen LogP contribution in [0.1, 0.15) is 0 Å². The van der Waals surface area contributed by atoms with Crippen molar-refractivity contribution in [1.82, 2.24) is 20.1 Å². The summed E-state index contributed by atoms with van der Waals surface area (Å²) in [5.41, 5.74) is 0.636. The van der Waals surface area contributed by atoms with Crippen LogP contribution in [-0.2, 0) is 16.1 Å². The normalized spacial score (nSPS) is 15.1. The number of hydrogen-bond acceptors (Lipinski definition) is 7. The van der Waals surface area contributed by atoms with E-state index in [4.69, 9.17) is 9.15 Å².